The summed E-state index contributed by atoms with van der Waals surface area (Å²) in [5.74, 6) is 0.432. The average Bonchev–Trinajstić information content (AvgIpc) is 2.95. The van der Waals surface area contributed by atoms with Crippen molar-refractivity contribution in [3.8, 4) is 0 Å². The van der Waals surface area contributed by atoms with Crippen LogP contribution in [0.15, 0.2) is 0 Å². The van der Waals surface area contributed by atoms with Crippen LogP contribution in [0.5, 0.6) is 0 Å². The Morgan fingerprint density at radius 1 is 1.19 bits per heavy atom. The summed E-state index contributed by atoms with van der Waals surface area (Å²) in [6, 6.07) is -0.527. The molecule has 0 saturated carbocycles. The van der Waals surface area contributed by atoms with Crippen molar-refractivity contribution >= 4 is 16.1 Å². The normalized spacial score (nSPS) is 26.1. The molecule has 0 spiro atoms. The monoisotopic (exact) mass is 317 g/mol. The number of rotatable bonds is 5. The first-order chi connectivity index (χ1) is 9.96. The second-order valence-electron chi connectivity index (χ2n) is 6.15. The smallest absolute Gasteiger partial charge is 0.282 e. The Balaban J connectivity index is 2.05. The summed E-state index contributed by atoms with van der Waals surface area (Å²) in [4.78, 5) is 12.2. The maximum Gasteiger partial charge on any atom is 0.282 e. The fraction of sp³-hybridized carbons (Fsp3) is 0.929. The minimum Gasteiger partial charge on any atom is -0.355 e. The highest BCUT2D eigenvalue weighted by atomic mass is 32.2. The van der Waals surface area contributed by atoms with E-state index >= 15 is 0 Å². The van der Waals surface area contributed by atoms with Crippen LogP contribution in [0.25, 0.3) is 0 Å². The van der Waals surface area contributed by atoms with Gasteiger partial charge in [-0.3, -0.25) is 4.79 Å². The molecule has 6 nitrogen and oxygen atoms in total. The number of amides is 1. The molecule has 1 amide bonds. The molecule has 0 radical (unpaired) electrons. The first kappa shape index (κ1) is 16.7. The zero-order valence-electron chi connectivity index (χ0n) is 13.0. The maximum absolute atomic E-state index is 12.8. The lowest BCUT2D eigenvalue weighted by Crippen LogP contribution is -2.52. The lowest BCUT2D eigenvalue weighted by molar-refractivity contribution is -0.124. The van der Waals surface area contributed by atoms with E-state index in [-0.39, 0.29) is 5.91 Å². The van der Waals surface area contributed by atoms with Gasteiger partial charge < -0.3 is 5.32 Å². The van der Waals surface area contributed by atoms with Gasteiger partial charge in [0.1, 0.15) is 6.04 Å². The molecular formula is C14H27N3O3S. The minimum atomic E-state index is -3.50. The SMILES string of the molecule is CCCNC(=O)[C@@H]1CCCN1S(=O)(=O)N1CCC(C)CC1. The molecule has 1 atom stereocenters. The van der Waals surface area contributed by atoms with Crippen LogP contribution >= 0.6 is 0 Å². The molecule has 2 saturated heterocycles. The van der Waals surface area contributed by atoms with Crippen LogP contribution < -0.4 is 5.32 Å². The van der Waals surface area contributed by atoms with Gasteiger partial charge in [-0.2, -0.15) is 17.0 Å². The third-order valence-electron chi connectivity index (χ3n) is 4.42. The molecule has 0 aromatic heterocycles. The fourth-order valence-electron chi connectivity index (χ4n) is 3.01. The van der Waals surface area contributed by atoms with Gasteiger partial charge in [-0.1, -0.05) is 13.8 Å². The molecule has 122 valence electrons. The fourth-order valence-corrected chi connectivity index (χ4v) is 4.86. The van der Waals surface area contributed by atoms with Crippen LogP contribution in [-0.4, -0.2) is 55.2 Å². The molecule has 2 heterocycles. The largest absolute Gasteiger partial charge is 0.355 e. The van der Waals surface area contributed by atoms with Crippen molar-refractivity contribution in [1.82, 2.24) is 13.9 Å². The van der Waals surface area contributed by atoms with Crippen molar-refractivity contribution in [2.75, 3.05) is 26.2 Å². The minimum absolute atomic E-state index is 0.150. The van der Waals surface area contributed by atoms with Crippen molar-refractivity contribution in [2.45, 2.75) is 52.0 Å². The van der Waals surface area contributed by atoms with Gasteiger partial charge >= 0.3 is 0 Å². The predicted molar refractivity (Wildman–Crippen MR) is 81.9 cm³/mol. The van der Waals surface area contributed by atoms with Crippen LogP contribution in [0, 0.1) is 5.92 Å². The van der Waals surface area contributed by atoms with E-state index in [0.29, 0.717) is 38.5 Å². The summed E-state index contributed by atoms with van der Waals surface area (Å²) >= 11 is 0. The standard InChI is InChI=1S/C14H27N3O3S/c1-3-8-15-14(18)13-5-4-9-17(13)21(19,20)16-10-6-12(2)7-11-16/h12-13H,3-11H2,1-2H3,(H,15,18)/t13-/m0/s1. The zero-order chi connectivity index (χ0) is 15.5. The van der Waals surface area contributed by atoms with Gasteiger partial charge in [0.15, 0.2) is 0 Å². The van der Waals surface area contributed by atoms with Crippen LogP contribution in [0.3, 0.4) is 0 Å². The Morgan fingerprint density at radius 2 is 1.86 bits per heavy atom. The van der Waals surface area contributed by atoms with Gasteiger partial charge in [-0.15, -0.1) is 0 Å². The number of nitrogens with one attached hydrogen (secondary N) is 1. The van der Waals surface area contributed by atoms with Gasteiger partial charge in [-0.25, -0.2) is 0 Å². The average molecular weight is 317 g/mol. The quantitative estimate of drug-likeness (QED) is 0.821. The Morgan fingerprint density at radius 3 is 2.48 bits per heavy atom. The number of nitrogens with zero attached hydrogens (tertiary/aromatic N) is 2. The summed E-state index contributed by atoms with van der Waals surface area (Å²) in [5, 5.41) is 2.82. The highest BCUT2D eigenvalue weighted by Gasteiger charge is 2.42. The van der Waals surface area contributed by atoms with Crippen molar-refractivity contribution < 1.29 is 13.2 Å². The summed E-state index contributed by atoms with van der Waals surface area (Å²) in [7, 11) is -3.50. The summed E-state index contributed by atoms with van der Waals surface area (Å²) < 4.78 is 28.5. The molecule has 21 heavy (non-hydrogen) atoms. The number of piperidine rings is 1. The third-order valence-corrected chi connectivity index (χ3v) is 6.47. The van der Waals surface area contributed by atoms with Crippen LogP contribution in [-0.2, 0) is 15.0 Å². The lowest BCUT2D eigenvalue weighted by atomic mass is 10.0. The molecule has 2 aliphatic rings. The summed E-state index contributed by atoms with van der Waals surface area (Å²) in [6.07, 6.45) is 4.04. The van der Waals surface area contributed by atoms with Gasteiger partial charge in [0, 0.05) is 26.2 Å². The van der Waals surface area contributed by atoms with E-state index in [0.717, 1.165) is 25.7 Å². The van der Waals surface area contributed by atoms with E-state index in [2.05, 4.69) is 12.2 Å². The van der Waals surface area contributed by atoms with E-state index in [1.54, 1.807) is 4.31 Å². The number of hydrogen-bond donors (Lipinski definition) is 1. The molecule has 2 aliphatic heterocycles. The molecule has 0 aliphatic carbocycles. The molecule has 0 bridgehead atoms. The van der Waals surface area contributed by atoms with E-state index in [4.69, 9.17) is 0 Å². The second kappa shape index (κ2) is 7.07. The molecule has 0 unspecified atom stereocenters. The molecule has 0 aromatic rings. The highest BCUT2D eigenvalue weighted by Crippen LogP contribution is 2.26. The predicted octanol–water partition coefficient (Wildman–Crippen LogP) is 0.954. The van der Waals surface area contributed by atoms with Gasteiger partial charge in [0.05, 0.1) is 0 Å². The molecular weight excluding hydrogens is 290 g/mol. The topological polar surface area (TPSA) is 69.7 Å². The van der Waals surface area contributed by atoms with Crippen molar-refractivity contribution in [2.24, 2.45) is 5.92 Å². The Bertz CT molecular complexity index is 458. The first-order valence-corrected chi connectivity index (χ1v) is 9.41. The van der Waals surface area contributed by atoms with E-state index < -0.39 is 16.3 Å². The molecule has 7 heteroatoms. The Labute approximate surface area is 128 Å². The van der Waals surface area contributed by atoms with E-state index in [1.807, 2.05) is 6.92 Å². The van der Waals surface area contributed by atoms with Crippen LogP contribution in [0.2, 0.25) is 0 Å². The molecule has 1 N–H and O–H groups in total. The lowest BCUT2D eigenvalue weighted by Gasteiger charge is -2.34. The van der Waals surface area contributed by atoms with Crippen molar-refractivity contribution in [3.05, 3.63) is 0 Å². The maximum atomic E-state index is 12.8. The van der Waals surface area contributed by atoms with Crippen molar-refractivity contribution in [1.29, 1.82) is 0 Å². The molecule has 2 fully saturated rings. The van der Waals surface area contributed by atoms with Crippen LogP contribution in [0.1, 0.15) is 46.0 Å². The second-order valence-corrected chi connectivity index (χ2v) is 8.03. The molecule has 2 rings (SSSR count). The number of carbonyl (C=O) groups excluding carboxylic acids is 1. The summed E-state index contributed by atoms with van der Waals surface area (Å²) in [5.41, 5.74) is 0. The van der Waals surface area contributed by atoms with Crippen LogP contribution in [0.4, 0.5) is 0 Å². The first-order valence-electron chi connectivity index (χ1n) is 8.01. The zero-order valence-corrected chi connectivity index (χ0v) is 13.9. The van der Waals surface area contributed by atoms with E-state index in [9.17, 15) is 13.2 Å². The summed E-state index contributed by atoms with van der Waals surface area (Å²) in [6.45, 7) is 6.34. The van der Waals surface area contributed by atoms with Gasteiger partial charge in [-0.05, 0) is 38.0 Å². The van der Waals surface area contributed by atoms with E-state index in [1.165, 1.54) is 4.31 Å². The third kappa shape index (κ3) is 3.76. The number of hydrogen-bond acceptors (Lipinski definition) is 3. The molecule has 0 aromatic carbocycles. The van der Waals surface area contributed by atoms with Crippen molar-refractivity contribution in [3.63, 3.8) is 0 Å². The Hall–Kier alpha value is -0.660. The van der Waals surface area contributed by atoms with Gasteiger partial charge in [0.25, 0.3) is 10.2 Å². The number of carbonyl (C=O) groups is 1. The Kier molecular flexibility index (Phi) is 5.62. The highest BCUT2D eigenvalue weighted by molar-refractivity contribution is 7.86. The van der Waals surface area contributed by atoms with Gasteiger partial charge in [0.2, 0.25) is 5.91 Å².